The molecule has 0 radical (unpaired) electrons. The largest absolute Gasteiger partial charge is 0.298 e. The molecule has 1 heterocycles. The first-order valence-corrected chi connectivity index (χ1v) is 5.24. The van der Waals surface area contributed by atoms with Gasteiger partial charge >= 0.3 is 0 Å². The summed E-state index contributed by atoms with van der Waals surface area (Å²) in [6.45, 7) is 5.10. The van der Waals surface area contributed by atoms with Crippen molar-refractivity contribution >= 4 is 5.78 Å². The van der Waals surface area contributed by atoms with E-state index in [-0.39, 0.29) is 5.78 Å². The Morgan fingerprint density at radius 3 is 2.80 bits per heavy atom. The number of Topliss-reactive ketones (excluding diaryl/α,β-unsaturated/α-hetero) is 1. The van der Waals surface area contributed by atoms with Gasteiger partial charge in [-0.3, -0.25) is 14.7 Å². The molecule has 82 valence electrons. The molecule has 0 unspecified atom stereocenters. The SMILES string of the molecule is CCC(=O)CN(C)Cc1cccc(C)n1. The molecule has 1 aromatic heterocycles. The summed E-state index contributed by atoms with van der Waals surface area (Å²) in [7, 11) is 1.94. The molecule has 15 heavy (non-hydrogen) atoms. The minimum atomic E-state index is 0.269. The Balaban J connectivity index is 2.51. The summed E-state index contributed by atoms with van der Waals surface area (Å²) in [5.74, 6) is 0.269. The van der Waals surface area contributed by atoms with Crippen molar-refractivity contribution in [2.75, 3.05) is 13.6 Å². The van der Waals surface area contributed by atoms with Gasteiger partial charge in [0, 0.05) is 18.7 Å². The Hall–Kier alpha value is -1.22. The van der Waals surface area contributed by atoms with Gasteiger partial charge in [-0.25, -0.2) is 0 Å². The third-order valence-electron chi connectivity index (χ3n) is 2.22. The minimum Gasteiger partial charge on any atom is -0.298 e. The Bertz CT molecular complexity index is 336. The second kappa shape index (κ2) is 5.61. The van der Waals surface area contributed by atoms with Crippen molar-refractivity contribution in [3.05, 3.63) is 29.6 Å². The molecular formula is C12H18N2O. The predicted octanol–water partition coefficient (Wildman–Crippen LogP) is 1.80. The molecule has 0 amide bonds. The van der Waals surface area contributed by atoms with Crippen molar-refractivity contribution in [1.29, 1.82) is 0 Å². The minimum absolute atomic E-state index is 0.269. The van der Waals surface area contributed by atoms with Crippen LogP contribution in [0.15, 0.2) is 18.2 Å². The number of rotatable bonds is 5. The molecule has 0 spiro atoms. The highest BCUT2D eigenvalue weighted by Gasteiger charge is 2.05. The van der Waals surface area contributed by atoms with Crippen LogP contribution in [0, 0.1) is 6.92 Å². The number of ketones is 1. The number of likely N-dealkylation sites (N-methyl/N-ethyl adjacent to an activating group) is 1. The van der Waals surface area contributed by atoms with Crippen LogP contribution in [-0.4, -0.2) is 29.3 Å². The van der Waals surface area contributed by atoms with Gasteiger partial charge in [0.05, 0.1) is 12.2 Å². The topological polar surface area (TPSA) is 33.2 Å². The average Bonchev–Trinajstić information content (AvgIpc) is 2.17. The smallest absolute Gasteiger partial charge is 0.146 e. The van der Waals surface area contributed by atoms with E-state index in [0.29, 0.717) is 13.0 Å². The van der Waals surface area contributed by atoms with Gasteiger partial charge < -0.3 is 0 Å². The molecule has 1 aromatic rings. The van der Waals surface area contributed by atoms with Crippen molar-refractivity contribution in [2.45, 2.75) is 26.8 Å². The fourth-order valence-corrected chi connectivity index (χ4v) is 1.43. The number of aromatic nitrogens is 1. The van der Waals surface area contributed by atoms with Crippen LogP contribution in [0.1, 0.15) is 24.7 Å². The highest BCUT2D eigenvalue weighted by molar-refractivity contribution is 5.80. The molecule has 0 atom stereocenters. The maximum Gasteiger partial charge on any atom is 0.146 e. The van der Waals surface area contributed by atoms with Gasteiger partial charge in [0.1, 0.15) is 5.78 Å². The maximum absolute atomic E-state index is 11.2. The number of carbonyl (C=O) groups is 1. The van der Waals surface area contributed by atoms with Crippen molar-refractivity contribution < 1.29 is 4.79 Å². The van der Waals surface area contributed by atoms with E-state index in [9.17, 15) is 4.79 Å². The molecule has 0 saturated heterocycles. The van der Waals surface area contributed by atoms with E-state index in [2.05, 4.69) is 4.98 Å². The molecule has 0 aromatic carbocycles. The van der Waals surface area contributed by atoms with Gasteiger partial charge in [0.2, 0.25) is 0 Å². The molecule has 0 aliphatic carbocycles. The van der Waals surface area contributed by atoms with Crippen LogP contribution in [0.4, 0.5) is 0 Å². The van der Waals surface area contributed by atoms with Crippen LogP contribution in [0.3, 0.4) is 0 Å². The lowest BCUT2D eigenvalue weighted by atomic mass is 10.2. The van der Waals surface area contributed by atoms with E-state index in [1.807, 2.05) is 44.0 Å². The zero-order chi connectivity index (χ0) is 11.3. The zero-order valence-corrected chi connectivity index (χ0v) is 9.66. The van der Waals surface area contributed by atoms with Gasteiger partial charge in [-0.05, 0) is 26.1 Å². The monoisotopic (exact) mass is 206 g/mol. The van der Waals surface area contributed by atoms with Gasteiger partial charge in [-0.15, -0.1) is 0 Å². The fourth-order valence-electron chi connectivity index (χ4n) is 1.43. The Morgan fingerprint density at radius 1 is 1.47 bits per heavy atom. The fraction of sp³-hybridized carbons (Fsp3) is 0.500. The Kier molecular flexibility index (Phi) is 4.43. The highest BCUT2D eigenvalue weighted by Crippen LogP contribution is 2.01. The van der Waals surface area contributed by atoms with Crippen LogP contribution < -0.4 is 0 Å². The summed E-state index contributed by atoms with van der Waals surface area (Å²) in [6.07, 6.45) is 0.603. The van der Waals surface area contributed by atoms with Gasteiger partial charge in [0.15, 0.2) is 0 Å². The third kappa shape index (κ3) is 4.21. The van der Waals surface area contributed by atoms with Crippen molar-refractivity contribution in [3.8, 4) is 0 Å². The van der Waals surface area contributed by atoms with E-state index < -0.39 is 0 Å². The number of carbonyl (C=O) groups excluding carboxylic acids is 1. The van der Waals surface area contributed by atoms with Crippen LogP contribution >= 0.6 is 0 Å². The second-order valence-corrected chi connectivity index (χ2v) is 3.83. The highest BCUT2D eigenvalue weighted by atomic mass is 16.1. The Morgan fingerprint density at radius 2 is 2.20 bits per heavy atom. The third-order valence-corrected chi connectivity index (χ3v) is 2.22. The maximum atomic E-state index is 11.2. The molecule has 3 nitrogen and oxygen atoms in total. The lowest BCUT2D eigenvalue weighted by Crippen LogP contribution is -2.25. The first kappa shape index (κ1) is 11.9. The van der Waals surface area contributed by atoms with E-state index in [1.54, 1.807) is 0 Å². The molecule has 0 N–H and O–H groups in total. The van der Waals surface area contributed by atoms with Gasteiger partial charge in [0.25, 0.3) is 0 Å². The molecule has 3 heteroatoms. The van der Waals surface area contributed by atoms with Gasteiger partial charge in [-0.2, -0.15) is 0 Å². The summed E-state index contributed by atoms with van der Waals surface area (Å²) < 4.78 is 0. The summed E-state index contributed by atoms with van der Waals surface area (Å²) in [5, 5.41) is 0. The van der Waals surface area contributed by atoms with Gasteiger partial charge in [-0.1, -0.05) is 13.0 Å². The Labute approximate surface area is 91.1 Å². The zero-order valence-electron chi connectivity index (χ0n) is 9.66. The van der Waals surface area contributed by atoms with Crippen LogP contribution in [0.2, 0.25) is 0 Å². The van der Waals surface area contributed by atoms with E-state index >= 15 is 0 Å². The van der Waals surface area contributed by atoms with Crippen molar-refractivity contribution in [3.63, 3.8) is 0 Å². The van der Waals surface area contributed by atoms with Crippen molar-refractivity contribution in [2.24, 2.45) is 0 Å². The second-order valence-electron chi connectivity index (χ2n) is 3.83. The van der Waals surface area contributed by atoms with Crippen LogP contribution in [0.25, 0.3) is 0 Å². The number of pyridine rings is 1. The molecule has 0 fully saturated rings. The van der Waals surface area contributed by atoms with E-state index in [4.69, 9.17) is 0 Å². The van der Waals surface area contributed by atoms with E-state index in [1.165, 1.54) is 0 Å². The van der Waals surface area contributed by atoms with Crippen LogP contribution in [-0.2, 0) is 11.3 Å². The number of hydrogen-bond donors (Lipinski definition) is 0. The summed E-state index contributed by atoms with van der Waals surface area (Å²) in [6, 6.07) is 5.95. The predicted molar refractivity (Wildman–Crippen MR) is 60.6 cm³/mol. The first-order valence-electron chi connectivity index (χ1n) is 5.24. The number of nitrogens with zero attached hydrogens (tertiary/aromatic N) is 2. The molecule has 0 aliphatic heterocycles. The molecule has 0 bridgehead atoms. The van der Waals surface area contributed by atoms with E-state index in [0.717, 1.165) is 17.9 Å². The van der Waals surface area contributed by atoms with Crippen LogP contribution in [0.5, 0.6) is 0 Å². The normalized spacial score (nSPS) is 10.7. The molecule has 1 rings (SSSR count). The quantitative estimate of drug-likeness (QED) is 0.736. The summed E-state index contributed by atoms with van der Waals surface area (Å²) in [4.78, 5) is 17.6. The lowest BCUT2D eigenvalue weighted by molar-refractivity contribution is -0.119. The number of aryl methyl sites for hydroxylation is 1. The lowest BCUT2D eigenvalue weighted by Gasteiger charge is -2.14. The van der Waals surface area contributed by atoms with Crippen molar-refractivity contribution in [1.82, 2.24) is 9.88 Å². The summed E-state index contributed by atoms with van der Waals surface area (Å²) >= 11 is 0. The number of hydrogen-bond acceptors (Lipinski definition) is 3. The molecule has 0 aliphatic rings. The average molecular weight is 206 g/mol. The molecule has 0 saturated carbocycles. The summed E-state index contributed by atoms with van der Waals surface area (Å²) in [5.41, 5.74) is 2.03. The first-order chi connectivity index (χ1) is 7.11. The molecular weight excluding hydrogens is 188 g/mol. The standard InChI is InChI=1S/C12H18N2O/c1-4-12(15)9-14(3)8-11-7-5-6-10(2)13-11/h5-7H,4,8-9H2,1-3H3.